The number of hydrogen-bond acceptors (Lipinski definition) is 16. The number of carbonyl (C=O) groups excluding carboxylic acids is 4. The lowest BCUT2D eigenvalue weighted by molar-refractivity contribution is -0.268. The molecular formula is C41H46N2O14S2. The van der Waals surface area contributed by atoms with E-state index in [9.17, 15) is 34.2 Å². The number of thioether (sulfide) groups is 1. The number of benzene rings is 2. The Kier molecular flexibility index (Phi) is 15.9. The number of esters is 4. The Morgan fingerprint density at radius 2 is 1.46 bits per heavy atom. The van der Waals surface area contributed by atoms with Gasteiger partial charge in [0.1, 0.15) is 23.8 Å². The van der Waals surface area contributed by atoms with Gasteiger partial charge in [-0.1, -0.05) is 55.5 Å². The maximum Gasteiger partial charge on any atom is 0.338 e. The zero-order chi connectivity index (χ0) is 42.8. The molecule has 0 amide bonds. The first-order valence-electron chi connectivity index (χ1n) is 18.7. The zero-order valence-corrected chi connectivity index (χ0v) is 34.6. The first-order chi connectivity index (χ1) is 28.1. The number of aliphatic hydroxyl groups excluding tert-OH is 1. The Morgan fingerprint density at radius 3 is 2.08 bits per heavy atom. The van der Waals surface area contributed by atoms with Crippen LogP contribution in [0, 0.1) is 5.92 Å². The molecule has 1 aromatic heterocycles. The van der Waals surface area contributed by atoms with Crippen LogP contribution in [-0.4, -0.2) is 99.0 Å². The minimum Gasteiger partial charge on any atom is -0.478 e. The number of thiocarbonyl (C=S) groups is 1. The van der Waals surface area contributed by atoms with E-state index in [1.54, 1.807) is 24.3 Å². The minimum atomic E-state index is -1.33. The van der Waals surface area contributed by atoms with E-state index >= 15 is 0 Å². The molecule has 316 valence electrons. The van der Waals surface area contributed by atoms with Crippen LogP contribution in [0.15, 0.2) is 71.9 Å². The van der Waals surface area contributed by atoms with Crippen LogP contribution in [0.5, 0.6) is 0 Å². The molecule has 59 heavy (non-hydrogen) atoms. The fourth-order valence-corrected chi connectivity index (χ4v) is 8.21. The van der Waals surface area contributed by atoms with E-state index in [-0.39, 0.29) is 36.1 Å². The molecule has 3 heterocycles. The van der Waals surface area contributed by atoms with Crippen LogP contribution in [0.1, 0.15) is 80.5 Å². The van der Waals surface area contributed by atoms with Crippen molar-refractivity contribution < 1.29 is 67.3 Å². The second kappa shape index (κ2) is 20.8. The number of nitrogens with one attached hydrogen (secondary N) is 1. The SMILES string of the molecule is CC(=O)OC[C@H]1O[C@@H](CC(=S)Nc2cccc(C3O[C@H](CSc4ncccc4C(=O)O)[C@H](C)[C@H](c4ccc(CO)cc4)O3)c2)[C@H](OC(C)=O)[C@@H](OC(C)=O)[C@@H]1OC(C)=O. The number of carbonyl (C=O) groups is 5. The first kappa shape index (κ1) is 45.1. The molecule has 2 aliphatic rings. The summed E-state index contributed by atoms with van der Waals surface area (Å²) in [6, 6.07) is 17.7. The predicted octanol–water partition coefficient (Wildman–Crippen LogP) is 5.11. The highest BCUT2D eigenvalue weighted by Gasteiger charge is 2.52. The van der Waals surface area contributed by atoms with Crippen molar-refractivity contribution in [3.63, 3.8) is 0 Å². The average Bonchev–Trinajstić information content (AvgIpc) is 3.18. The van der Waals surface area contributed by atoms with Crippen molar-refractivity contribution >= 4 is 64.5 Å². The summed E-state index contributed by atoms with van der Waals surface area (Å²) in [6.07, 6.45) is -6.37. The highest BCUT2D eigenvalue weighted by molar-refractivity contribution is 7.99. The van der Waals surface area contributed by atoms with E-state index in [0.717, 1.165) is 31.9 Å². The molecule has 0 bridgehead atoms. The number of aromatic carboxylic acids is 1. The molecule has 0 aliphatic carbocycles. The Labute approximate surface area is 350 Å². The van der Waals surface area contributed by atoms with Gasteiger partial charge in [-0.25, -0.2) is 9.78 Å². The third-order valence-corrected chi connectivity index (χ3v) is 10.8. The number of ether oxygens (including phenoxy) is 7. The summed E-state index contributed by atoms with van der Waals surface area (Å²) in [6.45, 7) is 6.15. The van der Waals surface area contributed by atoms with Gasteiger partial charge in [-0.3, -0.25) is 19.2 Å². The fourth-order valence-electron chi connectivity index (χ4n) is 6.78. The molecule has 1 unspecified atom stereocenters. The van der Waals surface area contributed by atoms with E-state index < -0.39 is 78.9 Å². The Hall–Kier alpha value is -4.98. The highest BCUT2D eigenvalue weighted by Crippen LogP contribution is 2.43. The van der Waals surface area contributed by atoms with E-state index in [1.807, 2.05) is 37.3 Å². The van der Waals surface area contributed by atoms with Crippen LogP contribution in [0.2, 0.25) is 0 Å². The maximum atomic E-state index is 12.3. The lowest BCUT2D eigenvalue weighted by atomic mass is 9.91. The second-order valence-electron chi connectivity index (χ2n) is 13.9. The van der Waals surface area contributed by atoms with Crippen LogP contribution in [0.3, 0.4) is 0 Å². The number of hydrogen-bond donors (Lipinski definition) is 3. The second-order valence-corrected chi connectivity index (χ2v) is 15.4. The van der Waals surface area contributed by atoms with Crippen molar-refractivity contribution in [2.75, 3.05) is 17.7 Å². The van der Waals surface area contributed by atoms with Crippen molar-refractivity contribution in [3.05, 3.63) is 89.1 Å². The predicted molar refractivity (Wildman–Crippen MR) is 214 cm³/mol. The lowest BCUT2D eigenvalue weighted by Crippen LogP contribution is -2.62. The molecule has 0 radical (unpaired) electrons. The third-order valence-electron chi connectivity index (χ3n) is 9.43. The van der Waals surface area contributed by atoms with E-state index in [1.165, 1.54) is 30.9 Å². The third kappa shape index (κ3) is 12.3. The molecule has 0 spiro atoms. The number of carboxylic acids is 1. The van der Waals surface area contributed by atoms with E-state index in [0.29, 0.717) is 22.0 Å². The van der Waals surface area contributed by atoms with Crippen molar-refractivity contribution in [2.45, 2.75) is 102 Å². The molecule has 3 N–H and O–H groups in total. The molecule has 18 heteroatoms. The van der Waals surface area contributed by atoms with Crippen LogP contribution in [-0.2, 0) is 58.9 Å². The maximum absolute atomic E-state index is 12.3. The molecular weight excluding hydrogens is 809 g/mol. The Balaban J connectivity index is 1.38. The standard InChI is InChI=1S/C41H46N2O14S2/c1-21-33(20-59-39-30(40(49)50)10-7-15-42-39)56-41(57-35(21)27-13-11-26(18-44)12-14-27)28-8-6-9-29(16-28)43-34(58)17-31-36(52-23(3)46)38(54-25(5)48)37(53-24(4)47)32(55-31)19-51-22(2)45/h6-16,21,31-33,35-38,41,44H,17-20H2,1-5H3,(H,43,58)(H,49,50)/t21-,31-,32+,33+,35+,36-,37+,38+,41?/m0/s1. The number of nitrogens with zero attached hydrogens (tertiary/aromatic N) is 1. The Morgan fingerprint density at radius 1 is 0.797 bits per heavy atom. The number of rotatable bonds is 15. The van der Waals surface area contributed by atoms with Gasteiger partial charge in [0.2, 0.25) is 0 Å². The van der Waals surface area contributed by atoms with Gasteiger partial charge < -0.3 is 48.7 Å². The van der Waals surface area contributed by atoms with E-state index in [4.69, 9.17) is 45.4 Å². The number of anilines is 1. The summed E-state index contributed by atoms with van der Waals surface area (Å²) < 4.78 is 41.2. The van der Waals surface area contributed by atoms with Gasteiger partial charge in [-0.15, -0.1) is 11.8 Å². The van der Waals surface area contributed by atoms with Gasteiger partial charge in [0, 0.05) is 63.2 Å². The molecule has 0 saturated carbocycles. The van der Waals surface area contributed by atoms with Gasteiger partial charge >= 0.3 is 29.8 Å². The number of aliphatic hydroxyl groups is 1. The summed E-state index contributed by atoms with van der Waals surface area (Å²) >= 11 is 7.03. The largest absolute Gasteiger partial charge is 0.478 e. The first-order valence-corrected chi connectivity index (χ1v) is 20.0. The van der Waals surface area contributed by atoms with Gasteiger partial charge in [-0.2, -0.15) is 0 Å². The summed E-state index contributed by atoms with van der Waals surface area (Å²) in [5.41, 5.74) is 2.87. The van der Waals surface area contributed by atoms with Crippen molar-refractivity contribution in [3.8, 4) is 0 Å². The van der Waals surface area contributed by atoms with Crippen LogP contribution >= 0.6 is 24.0 Å². The van der Waals surface area contributed by atoms with Gasteiger partial charge in [0.15, 0.2) is 24.6 Å². The van der Waals surface area contributed by atoms with Crippen LogP contribution in [0.25, 0.3) is 0 Å². The summed E-state index contributed by atoms with van der Waals surface area (Å²) in [5.74, 6) is -3.76. The molecule has 16 nitrogen and oxygen atoms in total. The topological polar surface area (TPSA) is 215 Å². The van der Waals surface area contributed by atoms with Crippen LogP contribution < -0.4 is 5.32 Å². The molecule has 2 fully saturated rings. The molecule has 2 aliphatic heterocycles. The van der Waals surface area contributed by atoms with Gasteiger partial charge in [0.25, 0.3) is 0 Å². The average molecular weight is 855 g/mol. The normalized spacial score (nSPS) is 25.2. The quantitative estimate of drug-likeness (QED) is 0.0784. The smallest absolute Gasteiger partial charge is 0.338 e. The zero-order valence-electron chi connectivity index (χ0n) is 32.9. The summed E-state index contributed by atoms with van der Waals surface area (Å²) in [7, 11) is 0. The lowest BCUT2D eigenvalue weighted by Gasteiger charge is -2.44. The minimum absolute atomic E-state index is 0.0797. The molecule has 2 saturated heterocycles. The van der Waals surface area contributed by atoms with Gasteiger partial charge in [0.05, 0.1) is 29.4 Å². The number of carboxylic acid groups (broad SMARTS) is 1. The fraction of sp³-hybridized carbons (Fsp3) is 0.439. The van der Waals surface area contributed by atoms with Crippen molar-refractivity contribution in [1.29, 1.82) is 0 Å². The van der Waals surface area contributed by atoms with Gasteiger partial charge in [-0.05, 0) is 35.4 Å². The highest BCUT2D eigenvalue weighted by atomic mass is 32.2. The molecule has 2 aromatic carbocycles. The molecule has 9 atom stereocenters. The molecule has 5 rings (SSSR count). The van der Waals surface area contributed by atoms with Crippen molar-refractivity contribution in [2.24, 2.45) is 5.92 Å². The van der Waals surface area contributed by atoms with Crippen LogP contribution in [0.4, 0.5) is 5.69 Å². The monoisotopic (exact) mass is 854 g/mol. The summed E-state index contributed by atoms with van der Waals surface area (Å²) in [4.78, 5) is 64.8. The number of pyridine rings is 1. The number of aromatic nitrogens is 1. The Bertz CT molecular complexity index is 2000. The summed E-state index contributed by atoms with van der Waals surface area (Å²) in [5, 5.41) is 22.9. The molecule has 3 aromatic rings. The van der Waals surface area contributed by atoms with Crippen molar-refractivity contribution in [1.82, 2.24) is 4.98 Å². The van der Waals surface area contributed by atoms with E-state index in [2.05, 4.69) is 10.3 Å².